The van der Waals surface area contributed by atoms with Gasteiger partial charge in [0.1, 0.15) is 5.92 Å². The maximum Gasteiger partial charge on any atom is 0.243 e. The number of hydrogen-bond acceptors (Lipinski definition) is 7. The summed E-state index contributed by atoms with van der Waals surface area (Å²) in [7, 11) is 0. The fourth-order valence-corrected chi connectivity index (χ4v) is 6.06. The number of nitriles is 2. The summed E-state index contributed by atoms with van der Waals surface area (Å²) in [6, 6.07) is 12.0. The first-order valence-electron chi connectivity index (χ1n) is 9.71. The third-order valence-electron chi connectivity index (χ3n) is 5.65. The molecule has 1 aromatic carbocycles. The van der Waals surface area contributed by atoms with E-state index in [1.165, 1.54) is 11.3 Å². The first-order chi connectivity index (χ1) is 14.6. The monoisotopic (exact) mass is 437 g/mol. The topological polar surface area (TPSA) is 119 Å². The number of aromatic nitrogens is 1. The van der Waals surface area contributed by atoms with E-state index in [-0.39, 0.29) is 17.6 Å². The molecule has 0 radical (unpaired) electrons. The van der Waals surface area contributed by atoms with Crippen molar-refractivity contribution in [3.63, 3.8) is 0 Å². The Morgan fingerprint density at radius 2 is 2.07 bits per heavy atom. The van der Waals surface area contributed by atoms with E-state index in [1.807, 2.05) is 24.3 Å². The number of fused-ring (bicyclic) bond motifs is 1. The van der Waals surface area contributed by atoms with Gasteiger partial charge in [0, 0.05) is 5.41 Å². The van der Waals surface area contributed by atoms with Crippen LogP contribution in [0.25, 0.3) is 10.2 Å². The molecular weight excluding hydrogens is 418 g/mol. The molecule has 1 aliphatic heterocycles. The quantitative estimate of drug-likeness (QED) is 0.748. The molecule has 0 unspecified atom stereocenters. The molecule has 1 aliphatic carbocycles. The summed E-state index contributed by atoms with van der Waals surface area (Å²) in [4.78, 5) is 29.5. The van der Waals surface area contributed by atoms with Crippen LogP contribution < -0.4 is 10.6 Å². The highest BCUT2D eigenvalue weighted by Crippen LogP contribution is 2.51. The molecule has 2 aliphatic rings. The SMILES string of the molecule is N#CC1=C(SCC(=O)Nc2nc3ccccc3s2)NC(=O)[C@H](C#N)C12CCCCC2. The van der Waals surface area contributed by atoms with Crippen LogP contribution in [0, 0.1) is 34.0 Å². The minimum Gasteiger partial charge on any atom is -0.319 e. The number of thiazole rings is 1. The van der Waals surface area contributed by atoms with Crippen LogP contribution in [0.2, 0.25) is 0 Å². The number of nitrogens with zero attached hydrogens (tertiary/aromatic N) is 3. The van der Waals surface area contributed by atoms with Crippen LogP contribution in [-0.4, -0.2) is 22.6 Å². The molecule has 2 aromatic rings. The Balaban J connectivity index is 1.52. The van der Waals surface area contributed by atoms with Crippen LogP contribution >= 0.6 is 23.1 Å². The van der Waals surface area contributed by atoms with E-state index in [2.05, 4.69) is 27.8 Å². The molecule has 9 heteroatoms. The van der Waals surface area contributed by atoms with E-state index in [9.17, 15) is 20.1 Å². The fraction of sp³-hybridized carbons (Fsp3) is 0.381. The molecule has 1 aromatic heterocycles. The largest absolute Gasteiger partial charge is 0.319 e. The minimum atomic E-state index is -0.867. The third-order valence-corrected chi connectivity index (χ3v) is 7.60. The average molecular weight is 438 g/mol. The predicted octanol–water partition coefficient (Wildman–Crippen LogP) is 3.92. The molecule has 0 saturated heterocycles. The molecule has 1 spiro atoms. The Kier molecular flexibility index (Phi) is 5.76. The molecule has 2 amide bonds. The van der Waals surface area contributed by atoms with Gasteiger partial charge in [-0.05, 0) is 25.0 Å². The molecule has 1 fully saturated rings. The standard InChI is InChI=1S/C21H19N5O2S2/c22-10-13-18(28)26-19(14(11-23)21(13)8-4-1-5-9-21)29-12-17(27)25-20-24-15-6-2-3-7-16(15)30-20/h2-3,6-7,13H,1,4-5,8-9,12H2,(H,26,28)(H,24,25,27)/t13-/m0/s1. The van der Waals surface area contributed by atoms with Gasteiger partial charge in [0.05, 0.1) is 38.7 Å². The zero-order valence-corrected chi connectivity index (χ0v) is 17.7. The minimum absolute atomic E-state index is 0.0318. The fourth-order valence-electron chi connectivity index (χ4n) is 4.26. The summed E-state index contributed by atoms with van der Waals surface area (Å²) >= 11 is 2.52. The second-order valence-electron chi connectivity index (χ2n) is 7.41. The van der Waals surface area contributed by atoms with Crippen LogP contribution in [0.5, 0.6) is 0 Å². The van der Waals surface area contributed by atoms with Gasteiger partial charge in [0.2, 0.25) is 11.8 Å². The summed E-state index contributed by atoms with van der Waals surface area (Å²) in [5.74, 6) is -1.48. The lowest BCUT2D eigenvalue weighted by Gasteiger charge is -2.43. The zero-order valence-electron chi connectivity index (χ0n) is 16.1. The number of amides is 2. The lowest BCUT2D eigenvalue weighted by atomic mass is 9.61. The smallest absolute Gasteiger partial charge is 0.243 e. The molecule has 7 nitrogen and oxygen atoms in total. The van der Waals surface area contributed by atoms with Crippen LogP contribution in [-0.2, 0) is 9.59 Å². The summed E-state index contributed by atoms with van der Waals surface area (Å²) in [5.41, 5.74) is 0.517. The lowest BCUT2D eigenvalue weighted by molar-refractivity contribution is -0.126. The third kappa shape index (κ3) is 3.67. The van der Waals surface area contributed by atoms with Crippen molar-refractivity contribution in [3.05, 3.63) is 34.9 Å². The van der Waals surface area contributed by atoms with E-state index in [0.29, 0.717) is 28.6 Å². The second-order valence-corrected chi connectivity index (χ2v) is 9.42. The highest BCUT2D eigenvalue weighted by molar-refractivity contribution is 8.03. The van der Waals surface area contributed by atoms with Crippen molar-refractivity contribution in [3.8, 4) is 12.1 Å². The number of nitrogens with one attached hydrogen (secondary N) is 2. The van der Waals surface area contributed by atoms with E-state index < -0.39 is 11.3 Å². The molecule has 2 heterocycles. The predicted molar refractivity (Wildman–Crippen MR) is 116 cm³/mol. The van der Waals surface area contributed by atoms with Gasteiger partial charge >= 0.3 is 0 Å². The Hall–Kier alpha value is -2.88. The Morgan fingerprint density at radius 3 is 2.77 bits per heavy atom. The highest BCUT2D eigenvalue weighted by atomic mass is 32.2. The molecule has 1 atom stereocenters. The second kappa shape index (κ2) is 8.47. The van der Waals surface area contributed by atoms with Gasteiger partial charge in [0.15, 0.2) is 5.13 Å². The van der Waals surface area contributed by atoms with Crippen LogP contribution in [0.3, 0.4) is 0 Å². The molecule has 4 rings (SSSR count). The number of anilines is 1. The van der Waals surface area contributed by atoms with Crippen molar-refractivity contribution < 1.29 is 9.59 Å². The first kappa shape index (κ1) is 20.4. The number of carbonyl (C=O) groups excluding carboxylic acids is 2. The van der Waals surface area contributed by atoms with Gasteiger partial charge in [-0.3, -0.25) is 9.59 Å². The van der Waals surface area contributed by atoms with Gasteiger partial charge in [-0.2, -0.15) is 10.5 Å². The maximum atomic E-state index is 12.6. The maximum absolute atomic E-state index is 12.6. The highest BCUT2D eigenvalue weighted by Gasteiger charge is 2.51. The van der Waals surface area contributed by atoms with Gasteiger partial charge in [0.25, 0.3) is 0 Å². The lowest BCUT2D eigenvalue weighted by Crippen LogP contribution is -2.48. The number of hydrogen-bond donors (Lipinski definition) is 2. The zero-order chi connectivity index (χ0) is 21.1. The van der Waals surface area contributed by atoms with Crippen molar-refractivity contribution >= 4 is 50.3 Å². The van der Waals surface area contributed by atoms with Crippen molar-refractivity contribution in [1.29, 1.82) is 10.5 Å². The first-order valence-corrected chi connectivity index (χ1v) is 11.5. The molecule has 1 saturated carbocycles. The Morgan fingerprint density at radius 1 is 1.30 bits per heavy atom. The molecule has 30 heavy (non-hydrogen) atoms. The average Bonchev–Trinajstić information content (AvgIpc) is 3.15. The number of benzene rings is 1. The number of thioether (sulfide) groups is 1. The normalized spacial score (nSPS) is 20.5. The Bertz CT molecular complexity index is 1090. The number of rotatable bonds is 4. The van der Waals surface area contributed by atoms with Gasteiger partial charge < -0.3 is 10.6 Å². The Labute approximate surface area is 182 Å². The van der Waals surface area contributed by atoms with Gasteiger partial charge in [-0.1, -0.05) is 54.5 Å². The van der Waals surface area contributed by atoms with Gasteiger partial charge in [-0.25, -0.2) is 4.98 Å². The molecule has 2 N–H and O–H groups in total. The molecular formula is C21H19N5O2S2. The molecule has 0 bridgehead atoms. The number of para-hydroxylation sites is 1. The van der Waals surface area contributed by atoms with Crippen molar-refractivity contribution in [1.82, 2.24) is 10.3 Å². The number of carbonyl (C=O) groups is 2. The van der Waals surface area contributed by atoms with Crippen LogP contribution in [0.4, 0.5) is 5.13 Å². The number of allylic oxidation sites excluding steroid dienone is 1. The van der Waals surface area contributed by atoms with E-state index in [0.717, 1.165) is 41.2 Å². The van der Waals surface area contributed by atoms with Crippen LogP contribution in [0.1, 0.15) is 32.1 Å². The summed E-state index contributed by atoms with van der Waals surface area (Å²) < 4.78 is 0.983. The molecule has 152 valence electrons. The van der Waals surface area contributed by atoms with E-state index in [1.54, 1.807) is 0 Å². The van der Waals surface area contributed by atoms with Crippen molar-refractivity contribution in [2.45, 2.75) is 32.1 Å². The van der Waals surface area contributed by atoms with Gasteiger partial charge in [-0.15, -0.1) is 0 Å². The summed E-state index contributed by atoms with van der Waals surface area (Å²) in [5, 5.41) is 25.9. The van der Waals surface area contributed by atoms with E-state index in [4.69, 9.17) is 0 Å². The van der Waals surface area contributed by atoms with Crippen molar-refractivity contribution in [2.24, 2.45) is 11.3 Å². The summed E-state index contributed by atoms with van der Waals surface area (Å²) in [6.45, 7) is 0. The van der Waals surface area contributed by atoms with Crippen LogP contribution in [0.15, 0.2) is 34.9 Å². The van der Waals surface area contributed by atoms with Crippen molar-refractivity contribution in [2.75, 3.05) is 11.1 Å². The summed E-state index contributed by atoms with van der Waals surface area (Å²) in [6.07, 6.45) is 4.08. The van der Waals surface area contributed by atoms with E-state index >= 15 is 0 Å².